The molecule has 5 heteroatoms. The average Bonchev–Trinajstić information content (AvgIpc) is 2.71. The Hall–Kier alpha value is -1.39. The molecule has 0 saturated heterocycles. The summed E-state index contributed by atoms with van der Waals surface area (Å²) in [7, 11) is 0. The van der Waals surface area contributed by atoms with Crippen LogP contribution in [0.3, 0.4) is 0 Å². The lowest BCUT2D eigenvalue weighted by Gasteiger charge is -2.06. The minimum absolute atomic E-state index is 0.110. The smallest absolute Gasteiger partial charge is 0.164 e. The molecule has 0 aliphatic rings. The first-order chi connectivity index (χ1) is 7.76. The van der Waals surface area contributed by atoms with Crippen molar-refractivity contribution in [3.8, 4) is 11.4 Å². The zero-order valence-electron chi connectivity index (χ0n) is 8.89. The third kappa shape index (κ3) is 1.94. The summed E-state index contributed by atoms with van der Waals surface area (Å²) < 4.78 is 1.87. The van der Waals surface area contributed by atoms with Crippen molar-refractivity contribution in [3.05, 3.63) is 35.1 Å². The molecule has 0 saturated carbocycles. The van der Waals surface area contributed by atoms with E-state index in [0.29, 0.717) is 17.4 Å². The quantitative estimate of drug-likeness (QED) is 0.890. The Morgan fingerprint density at radius 2 is 2.19 bits per heavy atom. The number of aromatic nitrogens is 3. The summed E-state index contributed by atoms with van der Waals surface area (Å²) in [5.41, 5.74) is 0.904. The topological polar surface area (TPSA) is 50.9 Å². The second kappa shape index (κ2) is 4.63. The molecule has 84 valence electrons. The molecule has 2 aromatic rings. The third-order valence-electron chi connectivity index (χ3n) is 2.37. The van der Waals surface area contributed by atoms with E-state index >= 15 is 0 Å². The molecule has 0 radical (unpaired) electrons. The number of benzene rings is 1. The molecule has 4 nitrogen and oxygen atoms in total. The summed E-state index contributed by atoms with van der Waals surface area (Å²) in [6.07, 6.45) is 0. The molecule has 0 aliphatic heterocycles. The highest BCUT2D eigenvalue weighted by Crippen LogP contribution is 2.21. The molecular weight excluding hydrogens is 226 g/mol. The van der Waals surface area contributed by atoms with Gasteiger partial charge in [-0.2, -0.15) is 0 Å². The van der Waals surface area contributed by atoms with Crippen LogP contribution in [0, 0.1) is 0 Å². The maximum Gasteiger partial charge on any atom is 0.164 e. The molecule has 0 amide bonds. The first-order valence-corrected chi connectivity index (χ1v) is 5.43. The highest BCUT2D eigenvalue weighted by molar-refractivity contribution is 6.30. The fourth-order valence-electron chi connectivity index (χ4n) is 1.63. The van der Waals surface area contributed by atoms with E-state index in [4.69, 9.17) is 16.7 Å². The number of halogens is 1. The van der Waals surface area contributed by atoms with Gasteiger partial charge in [0.1, 0.15) is 6.61 Å². The Morgan fingerprint density at radius 1 is 1.38 bits per heavy atom. The Balaban J connectivity index is 2.51. The van der Waals surface area contributed by atoms with Crippen LogP contribution in [0.4, 0.5) is 0 Å². The Bertz CT molecular complexity index is 496. The number of nitrogens with zero attached hydrogens (tertiary/aromatic N) is 3. The number of hydrogen-bond acceptors (Lipinski definition) is 3. The number of hydrogen-bond donors (Lipinski definition) is 1. The maximum absolute atomic E-state index is 9.11. The van der Waals surface area contributed by atoms with Gasteiger partial charge in [0.25, 0.3) is 0 Å². The van der Waals surface area contributed by atoms with Gasteiger partial charge in [-0.25, -0.2) is 0 Å². The molecule has 0 spiro atoms. The fraction of sp³-hybridized carbons (Fsp3) is 0.273. The maximum atomic E-state index is 9.11. The minimum Gasteiger partial charge on any atom is -0.388 e. The normalized spacial score (nSPS) is 10.7. The van der Waals surface area contributed by atoms with Crippen LogP contribution in [-0.4, -0.2) is 19.9 Å². The predicted octanol–water partition coefficient (Wildman–Crippen LogP) is 2.11. The fourth-order valence-corrected chi connectivity index (χ4v) is 1.82. The first-order valence-electron chi connectivity index (χ1n) is 5.05. The first kappa shape index (κ1) is 11.1. The predicted molar refractivity (Wildman–Crippen MR) is 62.1 cm³/mol. The van der Waals surface area contributed by atoms with Crippen LogP contribution >= 0.6 is 11.6 Å². The second-order valence-corrected chi connectivity index (χ2v) is 3.79. The number of aliphatic hydroxyl groups excluding tert-OH is 1. The second-order valence-electron chi connectivity index (χ2n) is 3.35. The lowest BCUT2D eigenvalue weighted by molar-refractivity contribution is 0.265. The van der Waals surface area contributed by atoms with Gasteiger partial charge in [0.15, 0.2) is 11.6 Å². The van der Waals surface area contributed by atoms with Crippen molar-refractivity contribution in [2.24, 2.45) is 0 Å². The van der Waals surface area contributed by atoms with E-state index < -0.39 is 0 Å². The van der Waals surface area contributed by atoms with E-state index in [-0.39, 0.29) is 6.61 Å². The van der Waals surface area contributed by atoms with Gasteiger partial charge in [-0.05, 0) is 19.1 Å². The SMILES string of the molecule is CCn1c(CO)nnc1-c1cccc(Cl)c1. The van der Waals surface area contributed by atoms with E-state index in [2.05, 4.69) is 10.2 Å². The van der Waals surface area contributed by atoms with E-state index in [0.717, 1.165) is 11.4 Å². The van der Waals surface area contributed by atoms with Gasteiger partial charge >= 0.3 is 0 Å². The van der Waals surface area contributed by atoms with E-state index in [9.17, 15) is 0 Å². The van der Waals surface area contributed by atoms with Gasteiger partial charge in [0, 0.05) is 17.1 Å². The molecule has 1 N–H and O–H groups in total. The van der Waals surface area contributed by atoms with Crippen molar-refractivity contribution in [2.45, 2.75) is 20.1 Å². The van der Waals surface area contributed by atoms with Crippen molar-refractivity contribution in [1.29, 1.82) is 0 Å². The van der Waals surface area contributed by atoms with Gasteiger partial charge in [0.05, 0.1) is 0 Å². The largest absolute Gasteiger partial charge is 0.388 e. The van der Waals surface area contributed by atoms with Crippen LogP contribution in [-0.2, 0) is 13.2 Å². The Morgan fingerprint density at radius 3 is 2.81 bits per heavy atom. The zero-order chi connectivity index (χ0) is 11.5. The molecule has 1 aromatic carbocycles. The minimum atomic E-state index is -0.110. The van der Waals surface area contributed by atoms with Gasteiger partial charge in [-0.3, -0.25) is 0 Å². The van der Waals surface area contributed by atoms with Crippen molar-refractivity contribution < 1.29 is 5.11 Å². The van der Waals surface area contributed by atoms with Crippen molar-refractivity contribution in [1.82, 2.24) is 14.8 Å². The molecule has 0 unspecified atom stereocenters. The molecule has 1 aromatic heterocycles. The summed E-state index contributed by atoms with van der Waals surface area (Å²) in [4.78, 5) is 0. The Kier molecular flexibility index (Phi) is 3.22. The van der Waals surface area contributed by atoms with Crippen LogP contribution in [0.15, 0.2) is 24.3 Å². The monoisotopic (exact) mass is 237 g/mol. The van der Waals surface area contributed by atoms with E-state index in [1.165, 1.54) is 0 Å². The number of rotatable bonds is 3. The molecule has 1 heterocycles. The van der Waals surface area contributed by atoms with Crippen molar-refractivity contribution in [3.63, 3.8) is 0 Å². The van der Waals surface area contributed by atoms with Crippen LogP contribution < -0.4 is 0 Å². The molecule has 0 bridgehead atoms. The molecule has 0 fully saturated rings. The summed E-state index contributed by atoms with van der Waals surface area (Å²) >= 11 is 5.92. The van der Waals surface area contributed by atoms with Crippen LogP contribution in [0.5, 0.6) is 0 Å². The average molecular weight is 238 g/mol. The lowest BCUT2D eigenvalue weighted by atomic mass is 10.2. The van der Waals surface area contributed by atoms with Gasteiger partial charge in [-0.1, -0.05) is 23.7 Å². The lowest BCUT2D eigenvalue weighted by Crippen LogP contribution is -2.03. The van der Waals surface area contributed by atoms with Crippen molar-refractivity contribution in [2.75, 3.05) is 0 Å². The summed E-state index contributed by atoms with van der Waals surface area (Å²) in [5, 5.41) is 17.8. The van der Waals surface area contributed by atoms with Crippen molar-refractivity contribution >= 4 is 11.6 Å². The van der Waals surface area contributed by atoms with Crippen LogP contribution in [0.25, 0.3) is 11.4 Å². The number of aliphatic hydroxyl groups is 1. The molecule has 16 heavy (non-hydrogen) atoms. The zero-order valence-corrected chi connectivity index (χ0v) is 9.65. The summed E-state index contributed by atoms with van der Waals surface area (Å²) in [6.45, 7) is 2.59. The van der Waals surface area contributed by atoms with Crippen LogP contribution in [0.1, 0.15) is 12.7 Å². The summed E-state index contributed by atoms with van der Waals surface area (Å²) in [6, 6.07) is 7.43. The van der Waals surface area contributed by atoms with Crippen LogP contribution in [0.2, 0.25) is 5.02 Å². The third-order valence-corrected chi connectivity index (χ3v) is 2.60. The highest BCUT2D eigenvalue weighted by Gasteiger charge is 2.11. The van der Waals surface area contributed by atoms with Gasteiger partial charge in [-0.15, -0.1) is 10.2 Å². The Labute approximate surface area is 98.5 Å². The van der Waals surface area contributed by atoms with E-state index in [1.54, 1.807) is 0 Å². The summed E-state index contributed by atoms with van der Waals surface area (Å²) in [5.74, 6) is 1.30. The standard InChI is InChI=1S/C11H12ClN3O/c1-2-15-10(7-16)13-14-11(15)8-4-3-5-9(12)6-8/h3-6,16H,2,7H2,1H3. The molecule has 0 aliphatic carbocycles. The van der Waals surface area contributed by atoms with Gasteiger partial charge in [0.2, 0.25) is 0 Å². The molecule has 0 atom stereocenters. The highest BCUT2D eigenvalue weighted by atomic mass is 35.5. The van der Waals surface area contributed by atoms with E-state index in [1.807, 2.05) is 35.8 Å². The molecule has 2 rings (SSSR count). The molecular formula is C11H12ClN3O. The van der Waals surface area contributed by atoms with Gasteiger partial charge < -0.3 is 9.67 Å².